The summed E-state index contributed by atoms with van der Waals surface area (Å²) >= 11 is 0. The molecule has 2 N–H and O–H groups in total. The summed E-state index contributed by atoms with van der Waals surface area (Å²) in [6, 6.07) is 11.4. The Morgan fingerprint density at radius 2 is 1.76 bits per heavy atom. The number of aromatic nitrogens is 1. The van der Waals surface area contributed by atoms with E-state index in [-0.39, 0.29) is 24.4 Å². The molecule has 3 aromatic rings. The van der Waals surface area contributed by atoms with Crippen LogP contribution in [0.2, 0.25) is 0 Å². The Morgan fingerprint density at radius 3 is 2.55 bits per heavy atom. The number of hydrogen-bond donors (Lipinski definition) is 2. The van der Waals surface area contributed by atoms with Crippen LogP contribution in [-0.2, 0) is 21.5 Å². The predicted octanol–water partition coefficient (Wildman–Crippen LogP) is 4.62. The van der Waals surface area contributed by atoms with E-state index >= 15 is 0 Å². The van der Waals surface area contributed by atoms with Crippen molar-refractivity contribution in [1.82, 2.24) is 18.9 Å². The molecule has 0 radical (unpaired) electrons. The van der Waals surface area contributed by atoms with Crippen LogP contribution in [0, 0.1) is 0 Å². The van der Waals surface area contributed by atoms with Gasteiger partial charge in [-0.1, -0.05) is 25.3 Å². The molecule has 42 heavy (non-hydrogen) atoms. The van der Waals surface area contributed by atoms with Gasteiger partial charge in [-0.2, -0.15) is 13.1 Å². The maximum atomic E-state index is 13.8. The van der Waals surface area contributed by atoms with Gasteiger partial charge in [0.05, 0.1) is 25.9 Å². The van der Waals surface area contributed by atoms with Crippen LogP contribution in [0.3, 0.4) is 0 Å². The number of nitrogens with zero attached hydrogens (tertiary/aromatic N) is 2. The zero-order valence-electron chi connectivity index (χ0n) is 24.2. The second-order valence-corrected chi connectivity index (χ2v) is 13.2. The lowest BCUT2D eigenvalue weighted by Crippen LogP contribution is -2.40. The third-order valence-corrected chi connectivity index (χ3v) is 9.85. The molecule has 222 valence electrons. The van der Waals surface area contributed by atoms with Crippen LogP contribution in [0.4, 0.5) is 0 Å². The number of Topliss-reactive ketones (excluding diaryl/α,β-unsaturated/α-hetero) is 1. The molecule has 2 aliphatic heterocycles. The Balaban J connectivity index is 1.60. The molecule has 4 bridgehead atoms. The maximum Gasteiger partial charge on any atom is 0.301 e. The number of carbonyl (C=O) groups is 2. The van der Waals surface area contributed by atoms with E-state index in [4.69, 9.17) is 4.74 Å². The van der Waals surface area contributed by atoms with Gasteiger partial charge < -0.3 is 9.30 Å². The third kappa shape index (κ3) is 5.63. The minimum atomic E-state index is -4.02. The smallest absolute Gasteiger partial charge is 0.301 e. The van der Waals surface area contributed by atoms with Gasteiger partial charge in [0.25, 0.3) is 5.91 Å². The summed E-state index contributed by atoms with van der Waals surface area (Å²) in [4.78, 5) is 29.0. The van der Waals surface area contributed by atoms with Crippen molar-refractivity contribution >= 4 is 38.9 Å². The third-order valence-electron chi connectivity index (χ3n) is 8.81. The normalized spacial score (nSPS) is 20.6. The molecule has 0 spiro atoms. The Kier molecular flexibility index (Phi) is 7.95. The molecular weight excluding hydrogens is 552 g/mol. The van der Waals surface area contributed by atoms with Crippen molar-refractivity contribution in [2.24, 2.45) is 0 Å². The minimum absolute atomic E-state index is 0.0408. The Hall–Kier alpha value is -3.47. The fraction of sp³-hybridized carbons (Fsp3) is 0.438. The molecule has 2 aromatic carbocycles. The second kappa shape index (κ2) is 11.7. The summed E-state index contributed by atoms with van der Waals surface area (Å²) in [6.45, 7) is 1.45. The SMILES string of the molecule is COc1ccc2c(c1)C=C1Cn3c-2c(C2CCCCC2)c2ccc(cc23)C(=O)NS(=O)(=O)NCCCCN(C)CC1=O. The average Bonchev–Trinajstić information content (AvgIpc) is 3.18. The van der Waals surface area contributed by atoms with E-state index in [2.05, 4.69) is 20.1 Å². The van der Waals surface area contributed by atoms with Crippen LogP contribution >= 0.6 is 0 Å². The van der Waals surface area contributed by atoms with Crippen LogP contribution in [0.1, 0.15) is 72.3 Å². The number of benzene rings is 2. The van der Waals surface area contributed by atoms with Gasteiger partial charge in [-0.05, 0) is 92.7 Å². The van der Waals surface area contributed by atoms with Gasteiger partial charge in [0, 0.05) is 34.1 Å². The first-order valence-corrected chi connectivity index (χ1v) is 16.3. The lowest BCUT2D eigenvalue weighted by atomic mass is 9.81. The van der Waals surface area contributed by atoms with Crippen molar-refractivity contribution in [1.29, 1.82) is 0 Å². The number of ketones is 1. The van der Waals surface area contributed by atoms with Crippen molar-refractivity contribution in [3.63, 3.8) is 0 Å². The van der Waals surface area contributed by atoms with Crippen LogP contribution in [0.15, 0.2) is 42.0 Å². The largest absolute Gasteiger partial charge is 0.497 e. The van der Waals surface area contributed by atoms with Gasteiger partial charge in [0.2, 0.25) is 0 Å². The first-order chi connectivity index (χ1) is 20.2. The molecule has 1 aliphatic carbocycles. The quantitative estimate of drug-likeness (QED) is 0.451. The molecule has 1 fully saturated rings. The monoisotopic (exact) mass is 590 g/mol. The standard InChI is InChI=1S/C32H38N4O5S/c1-35-15-7-6-14-33-42(39,40)34-32(38)22-10-12-27-28(18-22)36-19-24(29(37)20-35)16-23-17-25(41-2)11-13-26(23)31(36)30(27)21-8-4-3-5-9-21/h10-13,16-18,21,33H,3-9,14-15,19-20H2,1-2H3,(H,34,38). The van der Waals surface area contributed by atoms with Gasteiger partial charge in [0.1, 0.15) is 5.75 Å². The van der Waals surface area contributed by atoms with Gasteiger partial charge in [-0.3, -0.25) is 14.5 Å². The summed E-state index contributed by atoms with van der Waals surface area (Å²) in [6.07, 6.45) is 8.97. The molecule has 3 heterocycles. The van der Waals surface area contributed by atoms with Gasteiger partial charge in [0.15, 0.2) is 5.78 Å². The molecule has 1 amide bonds. The molecule has 0 atom stereocenters. The molecular formula is C32H38N4O5S. The Labute approximate surface area is 247 Å². The molecule has 0 saturated heterocycles. The topological polar surface area (TPSA) is 110 Å². The lowest BCUT2D eigenvalue weighted by molar-refractivity contribution is -0.116. The van der Waals surface area contributed by atoms with Gasteiger partial charge in [-0.25, -0.2) is 4.72 Å². The molecule has 0 unspecified atom stereocenters. The molecule has 9 nitrogen and oxygen atoms in total. The lowest BCUT2D eigenvalue weighted by Gasteiger charge is -2.24. The molecule has 1 saturated carbocycles. The number of ether oxygens (including phenoxy) is 1. The van der Waals surface area contributed by atoms with Crippen molar-refractivity contribution in [3.05, 3.63) is 58.7 Å². The van der Waals surface area contributed by atoms with E-state index in [9.17, 15) is 18.0 Å². The first-order valence-electron chi connectivity index (χ1n) is 14.8. The first kappa shape index (κ1) is 28.6. The fourth-order valence-corrected chi connectivity index (χ4v) is 7.56. The van der Waals surface area contributed by atoms with Crippen LogP contribution in [-0.4, -0.2) is 63.4 Å². The van der Waals surface area contributed by atoms with E-state index in [1.807, 2.05) is 36.2 Å². The second-order valence-electron chi connectivity index (χ2n) is 11.7. The highest BCUT2D eigenvalue weighted by molar-refractivity contribution is 7.88. The zero-order chi connectivity index (χ0) is 29.4. The fourth-order valence-electron chi connectivity index (χ4n) is 6.71. The molecule has 1 aromatic heterocycles. The highest BCUT2D eigenvalue weighted by atomic mass is 32.2. The number of likely N-dealkylation sites (N-methyl/N-ethyl adjacent to an activating group) is 1. The number of methoxy groups -OCH3 is 1. The van der Waals surface area contributed by atoms with Crippen LogP contribution < -0.4 is 14.2 Å². The van der Waals surface area contributed by atoms with Crippen molar-refractivity contribution < 1.29 is 22.7 Å². The number of fused-ring (bicyclic) bond motifs is 4. The molecule has 3 aliphatic rings. The van der Waals surface area contributed by atoms with Gasteiger partial charge in [-0.15, -0.1) is 0 Å². The number of rotatable bonds is 2. The molecule has 10 heteroatoms. The highest BCUT2D eigenvalue weighted by Crippen LogP contribution is 2.47. The number of carbonyl (C=O) groups excluding carboxylic acids is 2. The molecule has 6 rings (SSSR count). The Bertz CT molecular complexity index is 1680. The highest BCUT2D eigenvalue weighted by Gasteiger charge is 2.31. The summed E-state index contributed by atoms with van der Waals surface area (Å²) in [5.41, 5.74) is 6.02. The number of nitrogens with one attached hydrogen (secondary N) is 2. The average molecular weight is 591 g/mol. The minimum Gasteiger partial charge on any atom is -0.497 e. The van der Waals surface area contributed by atoms with Crippen LogP contribution in [0.25, 0.3) is 28.2 Å². The van der Waals surface area contributed by atoms with Crippen LogP contribution in [0.5, 0.6) is 5.75 Å². The summed E-state index contributed by atoms with van der Waals surface area (Å²) in [7, 11) is -0.461. The van der Waals surface area contributed by atoms with Crippen molar-refractivity contribution in [2.45, 2.75) is 57.4 Å². The van der Waals surface area contributed by atoms with Gasteiger partial charge >= 0.3 is 10.2 Å². The van der Waals surface area contributed by atoms with E-state index in [1.165, 1.54) is 12.0 Å². The van der Waals surface area contributed by atoms with E-state index in [1.54, 1.807) is 19.2 Å². The van der Waals surface area contributed by atoms with Crippen molar-refractivity contribution in [2.75, 3.05) is 33.8 Å². The van der Waals surface area contributed by atoms with Crippen molar-refractivity contribution in [3.8, 4) is 17.0 Å². The van der Waals surface area contributed by atoms with E-state index in [0.717, 1.165) is 59.2 Å². The Morgan fingerprint density at radius 1 is 0.952 bits per heavy atom. The number of amides is 1. The predicted molar refractivity (Wildman–Crippen MR) is 164 cm³/mol. The maximum absolute atomic E-state index is 13.8. The van der Waals surface area contributed by atoms with E-state index in [0.29, 0.717) is 37.4 Å². The number of hydrogen-bond acceptors (Lipinski definition) is 6. The summed E-state index contributed by atoms with van der Waals surface area (Å²) in [5.74, 6) is 0.423. The zero-order valence-corrected chi connectivity index (χ0v) is 25.1. The summed E-state index contributed by atoms with van der Waals surface area (Å²) in [5, 5.41) is 1.04. The van der Waals surface area contributed by atoms with E-state index < -0.39 is 16.1 Å². The summed E-state index contributed by atoms with van der Waals surface area (Å²) < 4.78 is 37.7.